The Bertz CT molecular complexity index is 608. The number of aromatic nitrogens is 3. The van der Waals surface area contributed by atoms with Crippen LogP contribution in [0.2, 0.25) is 0 Å². The second-order valence-corrected chi connectivity index (χ2v) is 5.38. The number of hydrogen-bond donors (Lipinski definition) is 1. The molecule has 20 heavy (non-hydrogen) atoms. The minimum atomic E-state index is -0.196. The van der Waals surface area contributed by atoms with E-state index in [0.29, 0.717) is 0 Å². The zero-order valence-electron chi connectivity index (χ0n) is 11.8. The Morgan fingerprint density at radius 2 is 2.30 bits per heavy atom. The van der Waals surface area contributed by atoms with Gasteiger partial charge in [-0.25, -0.2) is 14.1 Å². The molecule has 0 saturated heterocycles. The Balaban J connectivity index is 1.78. The first kappa shape index (κ1) is 13.2. The van der Waals surface area contributed by atoms with Crippen molar-refractivity contribution >= 4 is 0 Å². The highest BCUT2D eigenvalue weighted by molar-refractivity contribution is 5.20. The van der Waals surface area contributed by atoms with E-state index in [4.69, 9.17) is 0 Å². The van der Waals surface area contributed by atoms with E-state index in [0.717, 1.165) is 36.6 Å². The first-order chi connectivity index (χ1) is 9.63. The summed E-state index contributed by atoms with van der Waals surface area (Å²) in [5.74, 6) is 1.61. The number of halogens is 1. The van der Waals surface area contributed by atoms with Gasteiger partial charge in [0, 0.05) is 12.6 Å². The normalized spacial score (nSPS) is 19.6. The number of hydrogen-bond acceptors (Lipinski definition) is 3. The van der Waals surface area contributed by atoms with Gasteiger partial charge in [-0.3, -0.25) is 0 Å². The van der Waals surface area contributed by atoms with Crippen molar-refractivity contribution in [2.45, 2.75) is 45.3 Å². The van der Waals surface area contributed by atoms with Crippen molar-refractivity contribution < 1.29 is 4.39 Å². The molecule has 2 atom stereocenters. The van der Waals surface area contributed by atoms with Gasteiger partial charge < -0.3 is 5.32 Å². The largest absolute Gasteiger partial charge is 0.301 e. The molecule has 2 aromatic rings. The van der Waals surface area contributed by atoms with E-state index in [9.17, 15) is 4.39 Å². The average molecular weight is 274 g/mol. The van der Waals surface area contributed by atoms with Gasteiger partial charge in [0.05, 0.1) is 6.04 Å². The number of fused-ring (bicyclic) bond motifs is 1. The summed E-state index contributed by atoms with van der Waals surface area (Å²) < 4.78 is 15.3. The summed E-state index contributed by atoms with van der Waals surface area (Å²) in [7, 11) is 0. The summed E-state index contributed by atoms with van der Waals surface area (Å²) in [6.45, 7) is 4.90. The van der Waals surface area contributed by atoms with Crippen molar-refractivity contribution in [1.82, 2.24) is 20.1 Å². The van der Waals surface area contributed by atoms with Gasteiger partial charge >= 0.3 is 0 Å². The number of aryl methyl sites for hydroxylation is 2. The van der Waals surface area contributed by atoms with Gasteiger partial charge in [-0.1, -0.05) is 12.1 Å². The van der Waals surface area contributed by atoms with E-state index in [1.54, 1.807) is 12.1 Å². The molecular formula is C15H19FN4. The summed E-state index contributed by atoms with van der Waals surface area (Å²) in [5, 5.41) is 7.94. The van der Waals surface area contributed by atoms with Crippen LogP contribution in [0.1, 0.15) is 49.1 Å². The van der Waals surface area contributed by atoms with Crippen molar-refractivity contribution in [3.05, 3.63) is 47.3 Å². The molecule has 0 fully saturated rings. The van der Waals surface area contributed by atoms with Crippen molar-refractivity contribution in [3.8, 4) is 0 Å². The van der Waals surface area contributed by atoms with Gasteiger partial charge in [-0.05, 0) is 44.4 Å². The minimum Gasteiger partial charge on any atom is -0.301 e. The lowest BCUT2D eigenvalue weighted by Crippen LogP contribution is -2.30. The monoisotopic (exact) mass is 274 g/mol. The molecule has 1 aromatic heterocycles. The Kier molecular flexibility index (Phi) is 3.53. The molecule has 3 rings (SSSR count). The molecule has 4 nitrogen and oxygen atoms in total. The molecule has 1 N–H and O–H groups in total. The van der Waals surface area contributed by atoms with Gasteiger partial charge in [0.1, 0.15) is 17.5 Å². The predicted octanol–water partition coefficient (Wildman–Crippen LogP) is 2.91. The van der Waals surface area contributed by atoms with Crippen LogP contribution in [0.25, 0.3) is 0 Å². The molecule has 0 aliphatic carbocycles. The fourth-order valence-corrected chi connectivity index (χ4v) is 2.80. The number of nitrogens with zero attached hydrogens (tertiary/aromatic N) is 3. The van der Waals surface area contributed by atoms with E-state index in [1.807, 2.05) is 17.7 Å². The van der Waals surface area contributed by atoms with E-state index < -0.39 is 0 Å². The van der Waals surface area contributed by atoms with Crippen molar-refractivity contribution in [3.63, 3.8) is 0 Å². The van der Waals surface area contributed by atoms with E-state index >= 15 is 0 Å². The summed E-state index contributed by atoms with van der Waals surface area (Å²) in [6.07, 6.45) is 2.13. The van der Waals surface area contributed by atoms with E-state index in [-0.39, 0.29) is 17.9 Å². The summed E-state index contributed by atoms with van der Waals surface area (Å²) in [5.41, 5.74) is 0.957. The molecule has 0 saturated carbocycles. The lowest BCUT2D eigenvalue weighted by atomic mass is 10.0. The third-order valence-electron chi connectivity index (χ3n) is 3.78. The molecule has 5 heteroatoms. The molecule has 1 aliphatic heterocycles. The van der Waals surface area contributed by atoms with Crippen LogP contribution in [-0.2, 0) is 6.54 Å². The zero-order valence-corrected chi connectivity index (χ0v) is 11.8. The van der Waals surface area contributed by atoms with Crippen molar-refractivity contribution in [2.24, 2.45) is 0 Å². The predicted molar refractivity (Wildman–Crippen MR) is 74.7 cm³/mol. The molecule has 2 heterocycles. The Labute approximate surface area is 118 Å². The maximum Gasteiger partial charge on any atom is 0.147 e. The molecule has 0 radical (unpaired) electrons. The molecule has 106 valence electrons. The highest BCUT2D eigenvalue weighted by Crippen LogP contribution is 2.26. The Hall–Kier alpha value is -1.75. The van der Waals surface area contributed by atoms with Gasteiger partial charge in [0.2, 0.25) is 0 Å². The first-order valence-corrected chi connectivity index (χ1v) is 7.06. The number of rotatable bonds is 3. The fourth-order valence-electron chi connectivity index (χ4n) is 2.80. The van der Waals surface area contributed by atoms with Crippen LogP contribution in [-0.4, -0.2) is 14.8 Å². The van der Waals surface area contributed by atoms with E-state index in [2.05, 4.69) is 22.3 Å². The topological polar surface area (TPSA) is 42.7 Å². The second kappa shape index (κ2) is 5.32. The van der Waals surface area contributed by atoms with Crippen molar-refractivity contribution in [1.29, 1.82) is 0 Å². The molecule has 0 spiro atoms. The third-order valence-corrected chi connectivity index (χ3v) is 3.78. The molecular weight excluding hydrogens is 255 g/mol. The quantitative estimate of drug-likeness (QED) is 0.935. The van der Waals surface area contributed by atoms with Crippen LogP contribution in [0.15, 0.2) is 24.3 Å². The minimum absolute atomic E-state index is 0.0826. The third kappa shape index (κ3) is 2.58. The standard InChI is InChI=1S/C15H19FN4/c1-10(12-5-3-6-13(16)9-12)17-14-7-4-8-20-15(14)18-11(2)19-20/h3,5-6,9-10,14,17H,4,7-8H2,1-2H3. The Morgan fingerprint density at radius 1 is 1.45 bits per heavy atom. The SMILES string of the molecule is Cc1nc2n(n1)CCCC2NC(C)c1cccc(F)c1. The second-order valence-electron chi connectivity index (χ2n) is 5.38. The number of benzene rings is 1. The molecule has 0 bridgehead atoms. The number of nitrogens with one attached hydrogen (secondary N) is 1. The van der Waals surface area contributed by atoms with Crippen LogP contribution >= 0.6 is 0 Å². The van der Waals surface area contributed by atoms with Crippen LogP contribution < -0.4 is 5.32 Å². The summed E-state index contributed by atoms with van der Waals surface area (Å²) in [6, 6.07) is 7.01. The average Bonchev–Trinajstić information content (AvgIpc) is 2.80. The summed E-state index contributed by atoms with van der Waals surface area (Å²) >= 11 is 0. The molecule has 0 amide bonds. The summed E-state index contributed by atoms with van der Waals surface area (Å²) in [4.78, 5) is 4.51. The van der Waals surface area contributed by atoms with Gasteiger partial charge in [0.15, 0.2) is 0 Å². The maximum absolute atomic E-state index is 13.3. The van der Waals surface area contributed by atoms with Crippen LogP contribution in [0.3, 0.4) is 0 Å². The molecule has 1 aromatic carbocycles. The lowest BCUT2D eigenvalue weighted by Gasteiger charge is -2.26. The van der Waals surface area contributed by atoms with E-state index in [1.165, 1.54) is 6.07 Å². The van der Waals surface area contributed by atoms with Crippen LogP contribution in [0, 0.1) is 12.7 Å². The van der Waals surface area contributed by atoms with Crippen LogP contribution in [0.5, 0.6) is 0 Å². The highest BCUT2D eigenvalue weighted by Gasteiger charge is 2.25. The fraction of sp³-hybridized carbons (Fsp3) is 0.467. The molecule has 1 aliphatic rings. The van der Waals surface area contributed by atoms with Crippen molar-refractivity contribution in [2.75, 3.05) is 0 Å². The van der Waals surface area contributed by atoms with Gasteiger partial charge in [-0.2, -0.15) is 5.10 Å². The first-order valence-electron chi connectivity index (χ1n) is 7.06. The van der Waals surface area contributed by atoms with Gasteiger partial charge in [0.25, 0.3) is 0 Å². The smallest absolute Gasteiger partial charge is 0.147 e. The van der Waals surface area contributed by atoms with Gasteiger partial charge in [-0.15, -0.1) is 0 Å². The van der Waals surface area contributed by atoms with Crippen LogP contribution in [0.4, 0.5) is 4.39 Å². The maximum atomic E-state index is 13.3. The molecule has 2 unspecified atom stereocenters. The highest BCUT2D eigenvalue weighted by atomic mass is 19.1. The Morgan fingerprint density at radius 3 is 3.10 bits per heavy atom. The lowest BCUT2D eigenvalue weighted by molar-refractivity contribution is 0.344. The zero-order chi connectivity index (χ0) is 14.1.